The number of hydrogen-bond acceptors (Lipinski definition) is 7. The number of nitrogens with zero attached hydrogens (tertiary/aromatic N) is 2. The lowest BCUT2D eigenvalue weighted by molar-refractivity contribution is -0.118. The molecule has 0 saturated carbocycles. The van der Waals surface area contributed by atoms with Crippen LogP contribution in [0, 0.1) is 0 Å². The Balaban J connectivity index is 1.28. The largest absolute Gasteiger partial charge is 0.508 e. The first kappa shape index (κ1) is 21.9. The molecular weight excluding hydrogens is 452 g/mol. The summed E-state index contributed by atoms with van der Waals surface area (Å²) in [5, 5.41) is 17.9. The number of anilines is 1. The standard InChI is InChI=1S/C24H20N6O5/c31-15-3-1-2-13(6-15)8-26-23(33)16-10-25-21-20(16)28-12-29-22(21)24(34)27-9-14-4-5-18-17(7-14)30-19(32)11-35-18/h1-7,10,12,25,31H,8-9,11H2,(H,26,33)(H,27,34)(H,30,32). The van der Waals surface area contributed by atoms with Gasteiger partial charge in [0, 0.05) is 19.3 Å². The second kappa shape index (κ2) is 9.14. The number of nitrogens with one attached hydrogen (secondary N) is 4. The van der Waals surface area contributed by atoms with Crippen molar-refractivity contribution in [1.82, 2.24) is 25.6 Å². The number of carbonyl (C=O) groups is 3. The van der Waals surface area contributed by atoms with Crippen molar-refractivity contribution < 1.29 is 24.2 Å². The summed E-state index contributed by atoms with van der Waals surface area (Å²) < 4.78 is 5.34. The minimum Gasteiger partial charge on any atom is -0.508 e. The van der Waals surface area contributed by atoms with Crippen LogP contribution >= 0.6 is 0 Å². The number of H-pyrrole nitrogens is 1. The van der Waals surface area contributed by atoms with E-state index in [0.717, 1.165) is 11.1 Å². The lowest BCUT2D eigenvalue weighted by Crippen LogP contribution is -2.26. The summed E-state index contributed by atoms with van der Waals surface area (Å²) in [6.45, 7) is 0.370. The lowest BCUT2D eigenvalue weighted by Gasteiger charge is -2.18. The fourth-order valence-electron chi connectivity index (χ4n) is 3.73. The number of phenols is 1. The van der Waals surface area contributed by atoms with Gasteiger partial charge in [-0.2, -0.15) is 0 Å². The summed E-state index contributed by atoms with van der Waals surface area (Å²) >= 11 is 0. The van der Waals surface area contributed by atoms with E-state index < -0.39 is 5.91 Å². The molecule has 0 aliphatic carbocycles. The number of carbonyl (C=O) groups excluding carboxylic acids is 3. The highest BCUT2D eigenvalue weighted by Gasteiger charge is 2.20. The quantitative estimate of drug-likeness (QED) is 0.286. The molecule has 1 aliphatic heterocycles. The maximum Gasteiger partial charge on any atom is 0.272 e. The van der Waals surface area contributed by atoms with Crippen LogP contribution in [0.15, 0.2) is 55.0 Å². The van der Waals surface area contributed by atoms with Crippen molar-refractivity contribution in [3.63, 3.8) is 0 Å². The second-order valence-corrected chi connectivity index (χ2v) is 7.85. The van der Waals surface area contributed by atoms with E-state index in [4.69, 9.17) is 4.74 Å². The molecule has 0 radical (unpaired) electrons. The number of phenolic OH excluding ortho intramolecular Hbond substituents is 1. The molecule has 176 valence electrons. The van der Waals surface area contributed by atoms with Gasteiger partial charge < -0.3 is 30.8 Å². The number of aromatic hydroxyl groups is 1. The Labute approximate surface area is 198 Å². The minimum absolute atomic E-state index is 0.0290. The molecule has 0 bridgehead atoms. The second-order valence-electron chi connectivity index (χ2n) is 7.85. The maximum atomic E-state index is 12.9. The van der Waals surface area contributed by atoms with Crippen LogP contribution in [-0.2, 0) is 17.9 Å². The molecule has 5 N–H and O–H groups in total. The van der Waals surface area contributed by atoms with Gasteiger partial charge in [-0.05, 0) is 35.4 Å². The Morgan fingerprint density at radius 2 is 1.83 bits per heavy atom. The van der Waals surface area contributed by atoms with Crippen molar-refractivity contribution in [2.24, 2.45) is 0 Å². The molecule has 11 nitrogen and oxygen atoms in total. The molecule has 5 rings (SSSR count). The zero-order valence-corrected chi connectivity index (χ0v) is 18.3. The van der Waals surface area contributed by atoms with Crippen molar-refractivity contribution in [3.05, 3.63) is 77.4 Å². The first-order chi connectivity index (χ1) is 17.0. The number of fused-ring (bicyclic) bond motifs is 2. The van der Waals surface area contributed by atoms with Gasteiger partial charge in [0.15, 0.2) is 12.3 Å². The van der Waals surface area contributed by atoms with Crippen LogP contribution in [0.2, 0.25) is 0 Å². The molecule has 35 heavy (non-hydrogen) atoms. The fraction of sp³-hybridized carbons (Fsp3) is 0.125. The molecule has 1 aliphatic rings. The van der Waals surface area contributed by atoms with Gasteiger partial charge in [0.2, 0.25) is 0 Å². The zero-order valence-electron chi connectivity index (χ0n) is 18.3. The van der Waals surface area contributed by atoms with E-state index in [1.165, 1.54) is 12.5 Å². The van der Waals surface area contributed by atoms with Crippen LogP contribution in [0.25, 0.3) is 11.0 Å². The van der Waals surface area contributed by atoms with E-state index in [9.17, 15) is 19.5 Å². The number of benzene rings is 2. The van der Waals surface area contributed by atoms with Crippen molar-refractivity contribution in [2.75, 3.05) is 11.9 Å². The van der Waals surface area contributed by atoms with Gasteiger partial charge in [-0.3, -0.25) is 14.4 Å². The SMILES string of the molecule is O=C1COc2ccc(CNC(=O)c3ncnc4c(C(=O)NCc5cccc(O)c5)c[nH]c34)cc2N1. The van der Waals surface area contributed by atoms with E-state index in [2.05, 4.69) is 30.9 Å². The van der Waals surface area contributed by atoms with Gasteiger partial charge in [-0.15, -0.1) is 0 Å². The molecule has 0 fully saturated rings. The molecule has 3 amide bonds. The molecule has 4 aromatic rings. The maximum absolute atomic E-state index is 12.9. The van der Waals surface area contributed by atoms with Crippen molar-refractivity contribution in [1.29, 1.82) is 0 Å². The third-order valence-corrected chi connectivity index (χ3v) is 5.42. The first-order valence-electron chi connectivity index (χ1n) is 10.7. The molecule has 2 aromatic carbocycles. The van der Waals surface area contributed by atoms with Gasteiger partial charge in [-0.25, -0.2) is 9.97 Å². The van der Waals surface area contributed by atoms with Gasteiger partial charge in [0.1, 0.15) is 23.3 Å². The lowest BCUT2D eigenvalue weighted by atomic mass is 10.1. The van der Waals surface area contributed by atoms with Crippen LogP contribution in [0.3, 0.4) is 0 Å². The molecule has 0 atom stereocenters. The highest BCUT2D eigenvalue weighted by Crippen LogP contribution is 2.28. The van der Waals surface area contributed by atoms with Crippen molar-refractivity contribution in [3.8, 4) is 11.5 Å². The summed E-state index contributed by atoms with van der Waals surface area (Å²) in [5.74, 6) is -0.401. The number of rotatable bonds is 6. The fourth-order valence-corrected chi connectivity index (χ4v) is 3.73. The van der Waals surface area contributed by atoms with Gasteiger partial charge in [0.05, 0.1) is 16.8 Å². The summed E-state index contributed by atoms with van der Waals surface area (Å²) in [4.78, 5) is 48.3. The molecule has 11 heteroatoms. The summed E-state index contributed by atoms with van der Waals surface area (Å²) in [6, 6.07) is 11.8. The third-order valence-electron chi connectivity index (χ3n) is 5.42. The molecule has 3 heterocycles. The van der Waals surface area contributed by atoms with E-state index in [1.54, 1.807) is 42.5 Å². The Bertz CT molecular complexity index is 1460. The summed E-state index contributed by atoms with van der Waals surface area (Å²) in [7, 11) is 0. The predicted molar refractivity (Wildman–Crippen MR) is 125 cm³/mol. The summed E-state index contributed by atoms with van der Waals surface area (Å²) in [6.07, 6.45) is 2.70. The van der Waals surface area contributed by atoms with Gasteiger partial charge in [-0.1, -0.05) is 18.2 Å². The van der Waals surface area contributed by atoms with Crippen molar-refractivity contribution in [2.45, 2.75) is 13.1 Å². The normalized spacial score (nSPS) is 12.4. The van der Waals surface area contributed by atoms with Crippen molar-refractivity contribution >= 4 is 34.4 Å². The number of aromatic nitrogens is 3. The third kappa shape index (κ3) is 4.60. The average Bonchev–Trinajstić information content (AvgIpc) is 3.30. The smallest absolute Gasteiger partial charge is 0.272 e. The highest BCUT2D eigenvalue weighted by atomic mass is 16.5. The first-order valence-corrected chi connectivity index (χ1v) is 10.7. The number of amides is 3. The number of hydrogen-bond donors (Lipinski definition) is 5. The van der Waals surface area contributed by atoms with Gasteiger partial charge >= 0.3 is 0 Å². The molecule has 2 aromatic heterocycles. The average molecular weight is 472 g/mol. The Kier molecular flexibility index (Phi) is 5.71. The molecule has 0 saturated heterocycles. The van der Waals surface area contributed by atoms with Crippen LogP contribution < -0.4 is 20.7 Å². The highest BCUT2D eigenvalue weighted by molar-refractivity contribution is 6.10. The molecule has 0 spiro atoms. The number of aromatic amines is 1. The Morgan fingerprint density at radius 1 is 1.03 bits per heavy atom. The van der Waals surface area contributed by atoms with Crippen LogP contribution in [0.1, 0.15) is 32.0 Å². The Morgan fingerprint density at radius 3 is 2.66 bits per heavy atom. The van der Waals surface area contributed by atoms with E-state index >= 15 is 0 Å². The summed E-state index contributed by atoms with van der Waals surface area (Å²) in [5.41, 5.74) is 3.04. The number of ether oxygens (including phenoxy) is 1. The topological polar surface area (TPSA) is 158 Å². The van der Waals surface area contributed by atoms with Crippen LogP contribution in [-0.4, -0.2) is 44.4 Å². The predicted octanol–water partition coefficient (Wildman–Crippen LogP) is 1.85. The van der Waals surface area contributed by atoms with E-state index in [-0.39, 0.29) is 48.5 Å². The minimum atomic E-state index is -0.455. The van der Waals surface area contributed by atoms with Gasteiger partial charge in [0.25, 0.3) is 17.7 Å². The zero-order chi connectivity index (χ0) is 24.4. The molecular formula is C24H20N6O5. The monoisotopic (exact) mass is 472 g/mol. The van der Waals surface area contributed by atoms with E-state index in [1.807, 2.05) is 0 Å². The van der Waals surface area contributed by atoms with Crippen LogP contribution in [0.4, 0.5) is 5.69 Å². The Hall–Kier alpha value is -4.93. The van der Waals surface area contributed by atoms with Crippen LogP contribution in [0.5, 0.6) is 11.5 Å². The molecule has 0 unspecified atom stereocenters. The van der Waals surface area contributed by atoms with E-state index in [0.29, 0.717) is 22.5 Å².